The highest BCUT2D eigenvalue weighted by atomic mass is 31.2. The van der Waals surface area contributed by atoms with Gasteiger partial charge in [0.15, 0.2) is 6.23 Å². The lowest BCUT2D eigenvalue weighted by Crippen LogP contribution is -2.58. The number of nitrogens with one attached hydrogen (secondary N) is 3. The maximum atomic E-state index is 12.9. The molecular weight excluding hydrogens is 1610 g/mol. The van der Waals surface area contributed by atoms with Crippen LogP contribution in [0.1, 0.15) is 161 Å². The van der Waals surface area contributed by atoms with Crippen LogP contribution < -0.4 is 44.1 Å². The van der Waals surface area contributed by atoms with Gasteiger partial charge in [-0.15, -0.1) is 0 Å². The molecule has 3 N–H and O–H groups in total. The number of nitrogens with zero attached hydrogens (tertiary/aromatic N) is 6. The van der Waals surface area contributed by atoms with Crippen molar-refractivity contribution in [2.24, 2.45) is 0 Å². The lowest BCUT2D eigenvalue weighted by molar-refractivity contribution is -0.0782. The molecule has 0 radical (unpaired) electrons. The molecule has 9 aliphatic heterocycles. The fourth-order valence-corrected chi connectivity index (χ4v) is 29.1. The van der Waals surface area contributed by atoms with Crippen molar-refractivity contribution in [3.05, 3.63) is 302 Å². The Labute approximate surface area is 710 Å². The van der Waals surface area contributed by atoms with E-state index < -0.39 is 87.2 Å². The number of methoxy groups -OCH3 is 1. The number of aryl methyl sites for hydroxylation is 3. The molecule has 3 aromatic heterocycles. The van der Waals surface area contributed by atoms with Crippen molar-refractivity contribution in [2.75, 3.05) is 40.0 Å². The highest BCUT2D eigenvalue weighted by molar-refractivity contribution is 7.45. The van der Waals surface area contributed by atoms with Gasteiger partial charge in [-0.05, 0) is 107 Å². The number of hydrogen-bond donors (Lipinski definition) is 3. The highest BCUT2D eigenvalue weighted by Gasteiger charge is 2.57. The van der Waals surface area contributed by atoms with Crippen LogP contribution in [0, 0.1) is 20.8 Å². The zero-order valence-electron chi connectivity index (χ0n) is 69.9. The van der Waals surface area contributed by atoms with E-state index in [2.05, 4.69) is 231 Å². The van der Waals surface area contributed by atoms with E-state index in [0.29, 0.717) is 49.2 Å². The Balaban J connectivity index is 0.000000136. The monoisotopic (exact) mass is 1720 g/mol. The molecule has 9 aliphatic rings. The van der Waals surface area contributed by atoms with E-state index in [-0.39, 0.29) is 89.9 Å². The maximum absolute atomic E-state index is 12.9. The van der Waals surface area contributed by atoms with Gasteiger partial charge in [0.1, 0.15) is 32.7 Å². The SMILES string of the molecule is CC[C@H]1O[C@@H](n2cc(C)c(=O)[nH]c2=O)CC1O[P@@]1O[C@H](C(c2ccccc2)c2ccccc2)[C@@H]2CCCN21.CC[C@H]1O[C@@H](n2cc(C)c(=O)[nH]c2=O)CC1O[P@]1O[C@@H](C(c2ccccc2)c2ccccc2)[C@H]2CCCN21.CC[C@H]1O[C@@H](n2cc(C)c(=O)[nH]c2=O)[C@@H](OCCOC)C1O[P@]1O[C@@H](C[Si](C)(c2ccccc2)c2ccccc2)[C@H]2CCCN21. The fourth-order valence-electron chi connectivity index (χ4n) is 19.1. The second kappa shape index (κ2) is 39.2. The molecule has 0 bridgehead atoms. The Bertz CT molecular complexity index is 4970. The van der Waals surface area contributed by atoms with E-state index in [1.807, 2.05) is 6.92 Å². The van der Waals surface area contributed by atoms with Crippen molar-refractivity contribution < 1.29 is 50.8 Å². The molecule has 12 heterocycles. The van der Waals surface area contributed by atoms with Crippen molar-refractivity contribution >= 4 is 44.0 Å². The molecule has 0 spiro atoms. The average Bonchev–Trinajstić information content (AvgIpc) is 1.59. The summed E-state index contributed by atoms with van der Waals surface area (Å²) in [6.45, 7) is 17.2. The summed E-state index contributed by atoms with van der Waals surface area (Å²) >= 11 is 0. The molecule has 0 amide bonds. The third-order valence-corrected chi connectivity index (χ3v) is 35.3. The first-order chi connectivity index (χ1) is 58.9. The van der Waals surface area contributed by atoms with Crippen molar-refractivity contribution in [1.82, 2.24) is 42.7 Å². The van der Waals surface area contributed by atoms with E-state index in [0.717, 1.165) is 77.0 Å². The van der Waals surface area contributed by atoms with E-state index in [1.165, 1.54) is 52.5 Å². The summed E-state index contributed by atoms with van der Waals surface area (Å²) in [4.78, 5) is 81.0. The number of ether oxygens (including phenoxy) is 5. The molecular formula is C91H112N9O17P3Si. The second-order valence-electron chi connectivity index (χ2n) is 33.1. The third kappa shape index (κ3) is 18.7. The number of benzene rings is 6. The topological polar surface area (TPSA) is 276 Å². The Hall–Kier alpha value is -7.69. The van der Waals surface area contributed by atoms with Crippen LogP contribution in [0.3, 0.4) is 0 Å². The quantitative estimate of drug-likeness (QED) is 0.0258. The van der Waals surface area contributed by atoms with Crippen LogP contribution in [0.5, 0.6) is 0 Å². The van der Waals surface area contributed by atoms with Gasteiger partial charge in [-0.25, -0.2) is 28.4 Å². The summed E-state index contributed by atoms with van der Waals surface area (Å²) in [5.74, 6) is 0.215. The molecule has 9 saturated heterocycles. The molecule has 642 valence electrons. The molecule has 9 fully saturated rings. The first-order valence-corrected chi connectivity index (χ1v) is 49.0. The molecule has 9 aromatic rings. The number of H-pyrrole nitrogens is 3. The molecule has 18 rings (SSSR count). The van der Waals surface area contributed by atoms with Gasteiger partial charge in [0.2, 0.25) is 0 Å². The number of hydrogen-bond acceptors (Lipinski definition) is 20. The summed E-state index contributed by atoms with van der Waals surface area (Å²) in [7, 11) is -4.49. The lowest BCUT2D eigenvalue weighted by Gasteiger charge is -2.32. The van der Waals surface area contributed by atoms with Gasteiger partial charge in [-0.1, -0.05) is 220 Å². The van der Waals surface area contributed by atoms with Crippen LogP contribution in [-0.4, -0.2) is 170 Å². The third-order valence-electron chi connectivity index (χ3n) is 25.4. The van der Waals surface area contributed by atoms with Crippen molar-refractivity contribution in [3.63, 3.8) is 0 Å². The van der Waals surface area contributed by atoms with Gasteiger partial charge in [-0.3, -0.25) is 43.0 Å². The summed E-state index contributed by atoms with van der Waals surface area (Å²) < 4.78 is 83.3. The molecule has 121 heavy (non-hydrogen) atoms. The summed E-state index contributed by atoms with van der Waals surface area (Å²) in [5.41, 5.74) is 3.74. The van der Waals surface area contributed by atoms with Crippen molar-refractivity contribution in [2.45, 2.75) is 234 Å². The maximum Gasteiger partial charge on any atom is 0.330 e. The predicted molar refractivity (Wildman–Crippen MR) is 469 cm³/mol. The Morgan fingerprint density at radius 1 is 0.430 bits per heavy atom. The van der Waals surface area contributed by atoms with Gasteiger partial charge >= 0.3 is 17.1 Å². The van der Waals surface area contributed by atoms with Gasteiger partial charge in [0.05, 0.1) is 62.0 Å². The van der Waals surface area contributed by atoms with Gasteiger partial charge in [-0.2, -0.15) is 0 Å². The van der Waals surface area contributed by atoms with Gasteiger partial charge < -0.3 is 50.8 Å². The molecule has 26 nitrogen and oxygen atoms in total. The Morgan fingerprint density at radius 3 is 1.19 bits per heavy atom. The van der Waals surface area contributed by atoms with Crippen LogP contribution in [0.15, 0.2) is 229 Å². The van der Waals surface area contributed by atoms with Crippen molar-refractivity contribution in [1.29, 1.82) is 0 Å². The average molecular weight is 1720 g/mol. The minimum absolute atomic E-state index is 0.0175. The standard InChI is InChI=1S/C33H44N3O7PSi.2C29H34N3O5P/c1-5-27-29(30(40-20-19-39-3)32(41-27)35-21-23(2)31(37)34-33(35)38)43-44-36-18-12-17-26(36)28(42-44)22-45(4,24-13-8-6-9-14-24)25-15-10-7-11-16-25;2*1-3-23-24(17-25(35-23)31-18-19(2)28(33)30-29(31)34)36-38-32-16-10-15-22(32)27(37-38)26(20-11-6-4-7-12-20)21-13-8-5-9-14-21/h6-11,13-16,21,26-30,32H,5,12,17-20,22H2,1-4H3,(H,34,37,38);2*4-9,11-14,18,22-27H,3,10,15-17H2,1-2H3,(H,30,33,34)/t26-,27-,28+,29?,30+,32-,44+;22-,23+,24?,25+,27-,38-;22-,23-,24?,25-,27-,38-/m101/s1. The van der Waals surface area contributed by atoms with E-state index in [1.54, 1.807) is 40.3 Å². The van der Waals surface area contributed by atoms with E-state index in [4.69, 9.17) is 50.8 Å². The Morgan fingerprint density at radius 2 is 0.793 bits per heavy atom. The van der Waals surface area contributed by atoms with E-state index in [9.17, 15) is 28.8 Å². The molecule has 0 saturated carbocycles. The largest absolute Gasteiger partial charge is 0.382 e. The van der Waals surface area contributed by atoms with Crippen LogP contribution in [0.25, 0.3) is 0 Å². The predicted octanol–water partition coefficient (Wildman–Crippen LogP) is 13.3. The Kier molecular flexibility index (Phi) is 28.2. The second-order valence-corrected chi connectivity index (χ2v) is 41.6. The van der Waals surface area contributed by atoms with Crippen LogP contribution in [0.4, 0.5) is 0 Å². The summed E-state index contributed by atoms with van der Waals surface area (Å²) in [6.07, 6.45) is 10.6. The minimum atomic E-state index is -2.15. The fraction of sp³-hybridized carbons (Fsp3) is 0.473. The zero-order valence-corrected chi connectivity index (χ0v) is 73.6. The lowest BCUT2D eigenvalue weighted by atomic mass is 9.83. The number of rotatable bonds is 26. The normalized spacial score (nSPS) is 29.0. The number of fused-ring (bicyclic) bond motifs is 3. The molecule has 0 aliphatic carbocycles. The molecule has 3 unspecified atom stereocenters. The van der Waals surface area contributed by atoms with Crippen LogP contribution >= 0.6 is 25.6 Å². The minimum Gasteiger partial charge on any atom is -0.382 e. The number of aromatic amines is 3. The van der Waals surface area contributed by atoms with Crippen LogP contribution in [-0.2, 0) is 50.8 Å². The molecule has 19 atom stereocenters. The first-order valence-electron chi connectivity index (χ1n) is 42.9. The zero-order chi connectivity index (χ0) is 84.0. The molecule has 6 aromatic carbocycles. The highest BCUT2D eigenvalue weighted by Crippen LogP contribution is 2.63. The first kappa shape index (κ1) is 86.8. The van der Waals surface area contributed by atoms with Gasteiger partial charge in [0, 0.05) is 105 Å². The molecule has 30 heteroatoms. The summed E-state index contributed by atoms with van der Waals surface area (Å²) in [6, 6.07) is 66.0. The van der Waals surface area contributed by atoms with Crippen LogP contribution in [0.2, 0.25) is 12.6 Å². The van der Waals surface area contributed by atoms with Crippen molar-refractivity contribution in [3.8, 4) is 0 Å². The smallest absolute Gasteiger partial charge is 0.330 e. The van der Waals surface area contributed by atoms with E-state index >= 15 is 0 Å². The van der Waals surface area contributed by atoms with Gasteiger partial charge in [0.25, 0.3) is 42.3 Å². The number of aromatic nitrogens is 6. The summed E-state index contributed by atoms with van der Waals surface area (Å²) in [5, 5.41) is 2.79.